The summed E-state index contributed by atoms with van der Waals surface area (Å²) in [4.78, 5) is 19.7. The third-order valence-electron chi connectivity index (χ3n) is 7.22. The summed E-state index contributed by atoms with van der Waals surface area (Å²) in [6, 6.07) is 9.62. The van der Waals surface area contributed by atoms with Gasteiger partial charge in [0.15, 0.2) is 12.4 Å². The van der Waals surface area contributed by atoms with Crippen LogP contribution in [0.5, 0.6) is 5.75 Å². The highest BCUT2D eigenvalue weighted by Crippen LogP contribution is 2.46. The van der Waals surface area contributed by atoms with Gasteiger partial charge in [0, 0.05) is 47.4 Å². The smallest absolute Gasteiger partial charge is 0.226 e. The normalized spacial score (nSPS) is 18.2. The van der Waals surface area contributed by atoms with Crippen molar-refractivity contribution in [2.45, 2.75) is 44.9 Å². The highest BCUT2D eigenvalue weighted by Gasteiger charge is 2.36. The molecule has 2 aliphatic rings. The predicted molar refractivity (Wildman–Crippen MR) is 132 cm³/mol. The fraction of sp³-hybridized carbons (Fsp3) is 0.370. The van der Waals surface area contributed by atoms with Gasteiger partial charge in [-0.3, -0.25) is 9.78 Å². The third kappa shape index (κ3) is 4.53. The monoisotopic (exact) mass is 521 g/mol. The topological polar surface area (TPSA) is 80.4 Å². The Bertz CT molecular complexity index is 1220. The van der Waals surface area contributed by atoms with Gasteiger partial charge in [0.2, 0.25) is 5.91 Å². The van der Waals surface area contributed by atoms with Gasteiger partial charge in [0.05, 0.1) is 12.1 Å². The molecule has 1 amide bonds. The minimum Gasteiger partial charge on any atom is -0.619 e. The van der Waals surface area contributed by atoms with E-state index >= 15 is 0 Å². The molecule has 0 radical (unpaired) electrons. The van der Waals surface area contributed by atoms with Crippen LogP contribution in [0.4, 0.5) is 0 Å². The van der Waals surface area contributed by atoms with E-state index < -0.39 is 0 Å². The first kappa shape index (κ1) is 22.8. The van der Waals surface area contributed by atoms with Crippen molar-refractivity contribution < 1.29 is 14.6 Å². The van der Waals surface area contributed by atoms with Crippen LogP contribution in [0.1, 0.15) is 52.3 Å². The molecule has 34 heavy (non-hydrogen) atoms. The van der Waals surface area contributed by atoms with Crippen molar-refractivity contribution in [3.05, 3.63) is 92.1 Å². The zero-order valence-corrected chi connectivity index (χ0v) is 20.8. The Kier molecular flexibility index (Phi) is 6.30. The number of phenolic OH excluding ortho intramolecular Hbond substituents is 1. The Morgan fingerprint density at radius 1 is 1.18 bits per heavy atom. The average Bonchev–Trinajstić information content (AvgIpc) is 2.97. The summed E-state index contributed by atoms with van der Waals surface area (Å²) < 4.78 is 1.70. The van der Waals surface area contributed by atoms with Crippen molar-refractivity contribution in [3.8, 4) is 5.75 Å². The lowest BCUT2D eigenvalue weighted by Crippen LogP contribution is -2.41. The zero-order chi connectivity index (χ0) is 23.8. The Hall–Kier alpha value is -2.93. The Balaban J connectivity index is 1.40. The number of amides is 1. The van der Waals surface area contributed by atoms with Crippen molar-refractivity contribution in [2.75, 3.05) is 13.1 Å². The summed E-state index contributed by atoms with van der Waals surface area (Å²) >= 11 is 3.57. The number of aromatic hydroxyl groups is 1. The van der Waals surface area contributed by atoms with E-state index in [1.807, 2.05) is 24.1 Å². The Labute approximate surface area is 208 Å². The van der Waals surface area contributed by atoms with E-state index in [1.54, 1.807) is 12.1 Å². The van der Waals surface area contributed by atoms with E-state index in [0.29, 0.717) is 25.3 Å². The van der Waals surface area contributed by atoms with E-state index in [-0.39, 0.29) is 17.7 Å². The van der Waals surface area contributed by atoms with Gasteiger partial charge < -0.3 is 15.2 Å². The molecule has 1 aliphatic heterocycles. The van der Waals surface area contributed by atoms with Gasteiger partial charge in [0.1, 0.15) is 5.75 Å². The minimum atomic E-state index is 0.0140. The second-order valence-electron chi connectivity index (χ2n) is 9.49. The van der Waals surface area contributed by atoms with Crippen molar-refractivity contribution in [1.82, 2.24) is 9.88 Å². The number of carbonyl (C=O) groups is 1. The van der Waals surface area contributed by atoms with E-state index in [1.165, 1.54) is 23.5 Å². The molecule has 0 bridgehead atoms. The van der Waals surface area contributed by atoms with Crippen LogP contribution in [0.15, 0.2) is 53.4 Å². The third-order valence-corrected chi connectivity index (χ3v) is 7.65. The van der Waals surface area contributed by atoms with Crippen LogP contribution in [0.25, 0.3) is 0 Å². The second-order valence-corrected chi connectivity index (χ2v) is 10.4. The Morgan fingerprint density at radius 2 is 1.88 bits per heavy atom. The predicted octanol–water partition coefficient (Wildman–Crippen LogP) is 4.20. The van der Waals surface area contributed by atoms with Gasteiger partial charge in [-0.05, 0) is 88.8 Å². The van der Waals surface area contributed by atoms with Crippen molar-refractivity contribution >= 4 is 21.8 Å². The van der Waals surface area contributed by atoms with Gasteiger partial charge in [-0.1, -0.05) is 6.07 Å². The van der Waals surface area contributed by atoms with Crippen LogP contribution in [0, 0.1) is 18.0 Å². The maximum Gasteiger partial charge on any atom is 0.226 e. The molecule has 6 nitrogen and oxygen atoms in total. The van der Waals surface area contributed by atoms with Crippen LogP contribution in [0.2, 0.25) is 0 Å². The van der Waals surface area contributed by atoms with Crippen LogP contribution < -0.4 is 4.73 Å². The van der Waals surface area contributed by atoms with Crippen LogP contribution in [-0.2, 0) is 24.1 Å². The molecule has 1 saturated heterocycles. The molecular formula is C27H28BrN3O3. The summed E-state index contributed by atoms with van der Waals surface area (Å²) in [5.74, 6) is 0.748. The van der Waals surface area contributed by atoms with E-state index in [9.17, 15) is 15.1 Å². The molecule has 7 heteroatoms. The minimum absolute atomic E-state index is 0.0140. The van der Waals surface area contributed by atoms with Gasteiger partial charge >= 0.3 is 0 Å². The van der Waals surface area contributed by atoms with Gasteiger partial charge in [-0.15, -0.1) is 0 Å². The molecule has 1 atom stereocenters. The van der Waals surface area contributed by atoms with Crippen molar-refractivity contribution in [1.29, 1.82) is 0 Å². The molecule has 1 aromatic carbocycles. The molecule has 5 rings (SSSR count). The summed E-state index contributed by atoms with van der Waals surface area (Å²) in [5.41, 5.74) is 6.42. The number of piperidine rings is 1. The quantitative estimate of drug-likeness (QED) is 0.413. The lowest BCUT2D eigenvalue weighted by Gasteiger charge is -2.37. The number of aromatic nitrogens is 2. The first-order valence-electron chi connectivity index (χ1n) is 11.8. The first-order valence-corrected chi connectivity index (χ1v) is 12.6. The zero-order valence-electron chi connectivity index (χ0n) is 19.2. The van der Waals surface area contributed by atoms with Crippen LogP contribution >= 0.6 is 15.9 Å². The van der Waals surface area contributed by atoms with Crippen molar-refractivity contribution in [2.24, 2.45) is 5.92 Å². The van der Waals surface area contributed by atoms with Gasteiger partial charge in [-0.25, -0.2) is 0 Å². The highest BCUT2D eigenvalue weighted by molar-refractivity contribution is 9.10. The second kappa shape index (κ2) is 9.37. The van der Waals surface area contributed by atoms with Gasteiger partial charge in [-0.2, -0.15) is 4.73 Å². The number of nitrogens with zero attached hydrogens (tertiary/aromatic N) is 3. The molecule has 1 N–H and O–H groups in total. The van der Waals surface area contributed by atoms with Crippen molar-refractivity contribution in [3.63, 3.8) is 0 Å². The number of fused-ring (bicyclic) bond motifs is 2. The largest absolute Gasteiger partial charge is 0.619 e. The molecule has 1 unspecified atom stereocenters. The Morgan fingerprint density at radius 3 is 2.62 bits per heavy atom. The van der Waals surface area contributed by atoms with E-state index in [0.717, 1.165) is 57.3 Å². The molecule has 1 aliphatic carbocycles. The summed E-state index contributed by atoms with van der Waals surface area (Å²) in [5, 5.41) is 22.3. The summed E-state index contributed by atoms with van der Waals surface area (Å²) in [6.45, 7) is 3.39. The average molecular weight is 522 g/mol. The number of benzene rings is 1. The molecule has 3 aromatic rings. The summed E-state index contributed by atoms with van der Waals surface area (Å²) in [6.07, 6.45) is 8.49. The maximum atomic E-state index is 12.9. The summed E-state index contributed by atoms with van der Waals surface area (Å²) in [7, 11) is 0. The molecule has 176 valence electrons. The molecular weight excluding hydrogens is 494 g/mol. The lowest BCUT2D eigenvalue weighted by molar-refractivity contribution is -0.605. The standard InChI is InChI=1S/C27H28BrN3O3/c1-17-12-20-2-3-21-15-22(28)16-29-27(21)26(25(20)23(32)13-17)19-6-8-30(9-7-19)24(33)14-18-4-10-31(34)11-5-18/h4-5,10-13,15-16,19,26,32H,2-3,6-9,14H2,1H3. The highest BCUT2D eigenvalue weighted by atomic mass is 79.9. The van der Waals surface area contributed by atoms with Gasteiger partial charge in [0.25, 0.3) is 0 Å². The molecule has 0 saturated carbocycles. The number of carbonyl (C=O) groups excluding carboxylic acids is 1. The maximum absolute atomic E-state index is 12.9. The van der Waals surface area contributed by atoms with E-state index in [2.05, 4.69) is 28.1 Å². The SMILES string of the molecule is Cc1cc(O)c2c(c1)CCc1cc(Br)cnc1C2C1CCN(C(=O)Cc2cc[n+]([O-])cc2)CC1. The number of hydrogen-bond donors (Lipinski definition) is 1. The number of rotatable bonds is 3. The number of pyridine rings is 2. The number of phenols is 1. The molecule has 2 aromatic heterocycles. The van der Waals surface area contributed by atoms with Crippen LogP contribution in [0.3, 0.4) is 0 Å². The van der Waals surface area contributed by atoms with Crippen LogP contribution in [-0.4, -0.2) is 34.0 Å². The lowest BCUT2D eigenvalue weighted by atomic mass is 9.76. The molecule has 1 fully saturated rings. The molecule has 0 spiro atoms. The number of aryl methyl sites for hydroxylation is 3. The fourth-order valence-corrected chi connectivity index (χ4v) is 5.96. The fourth-order valence-electron chi connectivity index (χ4n) is 5.59. The number of halogens is 1. The number of hydrogen-bond acceptors (Lipinski definition) is 4. The molecule has 3 heterocycles. The van der Waals surface area contributed by atoms with E-state index in [4.69, 9.17) is 4.98 Å². The number of likely N-dealkylation sites (tertiary alicyclic amines) is 1. The first-order chi connectivity index (χ1) is 16.4.